The monoisotopic (exact) mass is 310 g/mol. The molecule has 0 spiro atoms. The van der Waals surface area contributed by atoms with Crippen LogP contribution in [0.1, 0.15) is 71.1 Å². The van der Waals surface area contributed by atoms with E-state index < -0.39 is 10.4 Å². The van der Waals surface area contributed by atoms with Gasteiger partial charge in [-0.15, -0.1) is 0 Å². The van der Waals surface area contributed by atoms with E-state index in [1.807, 2.05) is 24.4 Å². The predicted octanol–water partition coefficient (Wildman–Crippen LogP) is 3.53. The summed E-state index contributed by atoms with van der Waals surface area (Å²) in [6, 6.07) is 0. The van der Waals surface area contributed by atoms with Crippen LogP contribution in [0.15, 0.2) is 0 Å². The van der Waals surface area contributed by atoms with Crippen LogP contribution in [0.3, 0.4) is 0 Å². The second-order valence-corrected chi connectivity index (χ2v) is 6.10. The Hall–Kier alpha value is 0.740. The van der Waals surface area contributed by atoms with Gasteiger partial charge in [0.2, 0.25) is 0 Å². The molecule has 0 aromatic carbocycles. The van der Waals surface area contributed by atoms with Crippen molar-refractivity contribution in [1.82, 2.24) is 0 Å². The molecule has 0 unspecified atom stereocenters. The third kappa shape index (κ3) is 36.0. The Kier molecular flexibility index (Phi) is 18.5. The van der Waals surface area contributed by atoms with E-state index in [1.165, 1.54) is 68.4 Å². The normalized spacial score (nSPS) is 10.9. The number of rotatable bonds is 10. The Morgan fingerprint density at radius 1 is 0.778 bits per heavy atom. The van der Waals surface area contributed by atoms with Gasteiger partial charge in [0.25, 0.3) is 0 Å². The van der Waals surface area contributed by atoms with Crippen LogP contribution >= 0.6 is 0 Å². The van der Waals surface area contributed by atoms with Crippen molar-refractivity contribution < 1.29 is 41.9 Å². The van der Waals surface area contributed by atoms with E-state index in [2.05, 4.69) is 6.92 Å². The van der Waals surface area contributed by atoms with Crippen molar-refractivity contribution in [1.29, 1.82) is 0 Å². The molecule has 0 rings (SSSR count). The van der Waals surface area contributed by atoms with Gasteiger partial charge in [-0.05, 0) is 0 Å². The van der Waals surface area contributed by atoms with Gasteiger partial charge >= 0.3 is 99.7 Å². The van der Waals surface area contributed by atoms with E-state index >= 15 is 0 Å². The fourth-order valence-electron chi connectivity index (χ4n) is 1.63. The molecule has 0 amide bonds. The number of hydrogen-bond acceptors (Lipinski definition) is 4. The summed E-state index contributed by atoms with van der Waals surface area (Å²) in [4.78, 5) is 0. The molecule has 0 saturated carbocycles. The minimum absolute atomic E-state index is 1.37. The Morgan fingerprint density at radius 2 is 1.06 bits per heavy atom. The molecular formula is C12H25O4SSc. The molecule has 0 fully saturated rings. The topological polar surface area (TPSA) is 80.3 Å². The van der Waals surface area contributed by atoms with Gasteiger partial charge in [0, 0.05) is 10.4 Å². The summed E-state index contributed by atoms with van der Waals surface area (Å²) in [6.07, 6.45) is 14.6. The molecule has 6 heteroatoms. The molecule has 0 N–H and O–H groups in total. The largest absolute Gasteiger partial charge is 0.759 e. The Labute approximate surface area is 127 Å². The van der Waals surface area contributed by atoms with Gasteiger partial charge in [-0.2, -0.15) is 0 Å². The first-order chi connectivity index (χ1) is 8.41. The molecule has 0 aromatic rings. The van der Waals surface area contributed by atoms with Gasteiger partial charge < -0.3 is 9.11 Å². The van der Waals surface area contributed by atoms with E-state index in [4.69, 9.17) is 17.5 Å². The molecule has 0 aliphatic carbocycles. The van der Waals surface area contributed by atoms with Gasteiger partial charge in [0.05, 0.1) is 0 Å². The second kappa shape index (κ2) is 15.8. The Morgan fingerprint density at radius 3 is 1.33 bits per heavy atom. The van der Waals surface area contributed by atoms with Crippen molar-refractivity contribution in [2.45, 2.75) is 75.3 Å². The standard InChI is InChI=1S/C12H25.H2O4S.Sc/c1-3-5-7-9-11-12-10-8-6-4-2;1-5(2,3)4;/h1,3-12H2,2H3;(H2,1,2,3,4);/q;;+2/p-2. The Bertz CT molecular complexity index is 224. The zero-order valence-electron chi connectivity index (χ0n) is 11.4. The van der Waals surface area contributed by atoms with E-state index in [9.17, 15) is 0 Å². The minimum atomic E-state index is -5.17. The summed E-state index contributed by atoms with van der Waals surface area (Å²) in [6.45, 7) is 2.28. The van der Waals surface area contributed by atoms with E-state index in [0.717, 1.165) is 0 Å². The van der Waals surface area contributed by atoms with Gasteiger partial charge in [0.15, 0.2) is 0 Å². The van der Waals surface area contributed by atoms with Crippen LogP contribution in [-0.2, 0) is 34.8 Å². The fraction of sp³-hybridized carbons (Fsp3) is 1.00. The van der Waals surface area contributed by atoms with Crippen molar-refractivity contribution >= 4 is 10.4 Å². The maximum absolute atomic E-state index is 8.52. The van der Waals surface area contributed by atoms with Gasteiger partial charge in [-0.1, -0.05) is 0 Å². The fourth-order valence-corrected chi connectivity index (χ4v) is 2.08. The average Bonchev–Trinajstić information content (AvgIpc) is 2.25. The van der Waals surface area contributed by atoms with E-state index in [0.29, 0.717) is 0 Å². The van der Waals surface area contributed by atoms with Gasteiger partial charge in [-0.25, -0.2) is 0 Å². The van der Waals surface area contributed by atoms with Crippen LogP contribution in [-0.4, -0.2) is 17.5 Å². The summed E-state index contributed by atoms with van der Waals surface area (Å²) in [5, 5.41) is 0. The molecule has 0 heterocycles. The molecule has 106 valence electrons. The number of hydrogen-bond donors (Lipinski definition) is 0. The quantitative estimate of drug-likeness (QED) is 0.351. The Balaban J connectivity index is 0. The molecule has 0 aliphatic heterocycles. The molecule has 0 aliphatic rings. The van der Waals surface area contributed by atoms with E-state index in [-0.39, 0.29) is 0 Å². The zero-order chi connectivity index (χ0) is 14.3. The van der Waals surface area contributed by atoms with Crippen molar-refractivity contribution in [2.75, 3.05) is 0 Å². The summed E-state index contributed by atoms with van der Waals surface area (Å²) in [7, 11) is -5.17. The average molecular weight is 310 g/mol. The molecule has 0 bridgehead atoms. The van der Waals surface area contributed by atoms with Crippen LogP contribution in [0.2, 0.25) is 4.18 Å². The molecule has 0 radical (unpaired) electrons. The zero-order valence-corrected chi connectivity index (χ0v) is 14.0. The summed E-state index contributed by atoms with van der Waals surface area (Å²) < 4.78 is 35.5. The van der Waals surface area contributed by atoms with Crippen LogP contribution in [0, 0.1) is 0 Å². The van der Waals surface area contributed by atoms with Crippen LogP contribution in [0.4, 0.5) is 0 Å². The van der Waals surface area contributed by atoms with Crippen molar-refractivity contribution in [3.05, 3.63) is 0 Å². The minimum Gasteiger partial charge on any atom is -0.759 e. The second-order valence-electron chi connectivity index (χ2n) is 4.38. The first-order valence-electron chi connectivity index (χ1n) is 6.78. The maximum Gasteiger partial charge on any atom is 0.0311 e. The van der Waals surface area contributed by atoms with Crippen molar-refractivity contribution in [3.8, 4) is 0 Å². The van der Waals surface area contributed by atoms with Crippen molar-refractivity contribution in [2.24, 2.45) is 0 Å². The third-order valence-electron chi connectivity index (χ3n) is 2.56. The third-order valence-corrected chi connectivity index (χ3v) is 3.20. The smallest absolute Gasteiger partial charge is 0.0311 e. The predicted molar refractivity (Wildman–Crippen MR) is 67.1 cm³/mol. The SMILES string of the molecule is CCCCCCCCCCC[CH2][Sc+2].O=S(=O)([O-])[O-]. The molecule has 0 saturated heterocycles. The first kappa shape index (κ1) is 21.0. The van der Waals surface area contributed by atoms with Crippen LogP contribution < -0.4 is 0 Å². The van der Waals surface area contributed by atoms with Crippen LogP contribution in [0.25, 0.3) is 0 Å². The molecule has 0 atom stereocenters. The van der Waals surface area contributed by atoms with Crippen molar-refractivity contribution in [3.63, 3.8) is 0 Å². The summed E-state index contributed by atoms with van der Waals surface area (Å²) in [5.74, 6) is 0. The maximum atomic E-state index is 8.52. The van der Waals surface area contributed by atoms with Crippen LogP contribution in [0.5, 0.6) is 0 Å². The van der Waals surface area contributed by atoms with E-state index in [1.54, 1.807) is 0 Å². The molecule has 0 aromatic heterocycles. The number of unbranched alkanes of at least 4 members (excludes halogenated alkanes) is 9. The molecular weight excluding hydrogens is 285 g/mol. The summed E-state index contributed by atoms with van der Waals surface area (Å²) >= 11 is 1.89. The molecule has 4 nitrogen and oxygen atoms in total. The molecule has 18 heavy (non-hydrogen) atoms. The van der Waals surface area contributed by atoms with Gasteiger partial charge in [0.1, 0.15) is 0 Å². The first-order valence-corrected chi connectivity index (χ1v) is 9.39. The summed E-state index contributed by atoms with van der Waals surface area (Å²) in [5.41, 5.74) is 0. The van der Waals surface area contributed by atoms with Gasteiger partial charge in [-0.3, -0.25) is 8.42 Å².